The van der Waals surface area contributed by atoms with Crippen LogP contribution in [0.1, 0.15) is 26.3 Å². The molecule has 0 unspecified atom stereocenters. The Balaban J connectivity index is 1.76. The summed E-state index contributed by atoms with van der Waals surface area (Å²) in [6.07, 6.45) is 2.13. The highest BCUT2D eigenvalue weighted by atomic mass is 79.9. The van der Waals surface area contributed by atoms with E-state index in [1.165, 1.54) is 0 Å². The molecule has 29 heavy (non-hydrogen) atoms. The zero-order valence-electron chi connectivity index (χ0n) is 16.6. The van der Waals surface area contributed by atoms with Crippen molar-refractivity contribution in [3.8, 4) is 5.75 Å². The molecule has 0 fully saturated rings. The molecule has 7 heteroatoms. The van der Waals surface area contributed by atoms with Gasteiger partial charge in [-0.2, -0.15) is 0 Å². The van der Waals surface area contributed by atoms with Crippen LogP contribution in [-0.4, -0.2) is 29.3 Å². The molecule has 2 aromatic carbocycles. The lowest BCUT2D eigenvalue weighted by molar-refractivity contribution is 0.0488. The third kappa shape index (κ3) is 6.51. The first kappa shape index (κ1) is 21.7. The fourth-order valence-electron chi connectivity index (χ4n) is 3.00. The summed E-state index contributed by atoms with van der Waals surface area (Å²) in [7, 11) is 0. The molecule has 1 aromatic heterocycles. The van der Waals surface area contributed by atoms with Gasteiger partial charge in [-0.15, -0.1) is 0 Å². The second-order valence-corrected chi connectivity index (χ2v) is 9.65. The van der Waals surface area contributed by atoms with Crippen molar-refractivity contribution in [1.29, 1.82) is 0 Å². The number of halogens is 2. The number of aromatic nitrogens is 1. The van der Waals surface area contributed by atoms with Crippen molar-refractivity contribution in [1.82, 2.24) is 10.3 Å². The van der Waals surface area contributed by atoms with Crippen molar-refractivity contribution in [3.05, 3.63) is 63.2 Å². The van der Waals surface area contributed by atoms with Crippen LogP contribution in [-0.2, 0) is 11.2 Å². The van der Waals surface area contributed by atoms with Crippen LogP contribution in [0.2, 0.25) is 0 Å². The van der Waals surface area contributed by atoms with Gasteiger partial charge in [-0.05, 0) is 57.0 Å². The molecular formula is C22H24Br2N2O3. The van der Waals surface area contributed by atoms with E-state index in [1.54, 1.807) is 0 Å². The minimum Gasteiger partial charge on any atom is -0.491 e. The van der Waals surface area contributed by atoms with Gasteiger partial charge < -0.3 is 19.8 Å². The number of ether oxygens (including phenoxy) is 2. The maximum Gasteiger partial charge on any atom is 0.408 e. The van der Waals surface area contributed by atoms with E-state index in [0.29, 0.717) is 18.8 Å². The Morgan fingerprint density at radius 1 is 1.14 bits per heavy atom. The van der Waals surface area contributed by atoms with Gasteiger partial charge in [0, 0.05) is 26.0 Å². The number of benzene rings is 2. The lowest BCUT2D eigenvalue weighted by atomic mass is 10.1. The highest BCUT2D eigenvalue weighted by Crippen LogP contribution is 2.25. The van der Waals surface area contributed by atoms with Crippen LogP contribution in [0.5, 0.6) is 5.75 Å². The monoisotopic (exact) mass is 522 g/mol. The topological polar surface area (TPSA) is 63.4 Å². The van der Waals surface area contributed by atoms with Gasteiger partial charge in [-0.25, -0.2) is 4.79 Å². The van der Waals surface area contributed by atoms with Gasteiger partial charge in [0.1, 0.15) is 18.0 Å². The number of amides is 1. The molecule has 1 amide bonds. The lowest BCUT2D eigenvalue weighted by Crippen LogP contribution is -2.43. The minimum absolute atomic E-state index is 0.262. The third-order valence-electron chi connectivity index (χ3n) is 4.15. The number of rotatable bonds is 6. The van der Waals surface area contributed by atoms with Crippen LogP contribution < -0.4 is 10.1 Å². The summed E-state index contributed by atoms with van der Waals surface area (Å²) >= 11 is 6.93. The van der Waals surface area contributed by atoms with Gasteiger partial charge in [0.25, 0.3) is 0 Å². The van der Waals surface area contributed by atoms with Crippen LogP contribution >= 0.6 is 31.9 Å². The molecule has 0 radical (unpaired) electrons. The van der Waals surface area contributed by atoms with E-state index in [-0.39, 0.29) is 6.04 Å². The summed E-state index contributed by atoms with van der Waals surface area (Å²) in [5.74, 6) is 0.709. The molecule has 3 rings (SSSR count). The molecule has 0 saturated heterocycles. The molecule has 0 bridgehead atoms. The Bertz CT molecular complexity index is 975. The minimum atomic E-state index is -0.564. The summed E-state index contributed by atoms with van der Waals surface area (Å²) in [5, 5.41) is 4.09. The van der Waals surface area contributed by atoms with Gasteiger partial charge in [-0.3, -0.25) is 0 Å². The molecular weight excluding hydrogens is 500 g/mol. The highest BCUT2D eigenvalue weighted by molar-refractivity contribution is 9.11. The largest absolute Gasteiger partial charge is 0.491 e. The van der Waals surface area contributed by atoms with Crippen molar-refractivity contribution >= 4 is 48.9 Å². The number of fused-ring (bicyclic) bond motifs is 1. The molecule has 1 heterocycles. The van der Waals surface area contributed by atoms with Gasteiger partial charge in [-0.1, -0.05) is 50.1 Å². The summed E-state index contributed by atoms with van der Waals surface area (Å²) in [6, 6.07) is 13.6. The standard InChI is InChI=1S/C22H24Br2N2O3/c1-22(2,3)29-21(27)26-17(13-28-18-10-15(23)9-16(24)11-18)8-14-12-25-20-7-5-4-6-19(14)20/h4-7,9-12,17,25H,8,13H2,1-3H3,(H,26,27)/t17-/m0/s1. The van der Waals surface area contributed by atoms with E-state index in [4.69, 9.17) is 9.47 Å². The van der Waals surface area contributed by atoms with E-state index < -0.39 is 11.7 Å². The maximum absolute atomic E-state index is 12.4. The summed E-state index contributed by atoms with van der Waals surface area (Å²) in [6.45, 7) is 5.84. The SMILES string of the molecule is CC(C)(C)OC(=O)N[C@H](COc1cc(Br)cc(Br)c1)Cc1c[nH]c2ccccc12. The molecule has 0 aliphatic heterocycles. The van der Waals surface area contributed by atoms with Gasteiger partial charge in [0.15, 0.2) is 0 Å². The molecule has 5 nitrogen and oxygen atoms in total. The zero-order chi connectivity index (χ0) is 21.0. The maximum atomic E-state index is 12.4. The summed E-state index contributed by atoms with van der Waals surface area (Å²) < 4.78 is 13.2. The number of H-pyrrole nitrogens is 1. The van der Waals surface area contributed by atoms with E-state index in [0.717, 1.165) is 25.4 Å². The highest BCUT2D eigenvalue weighted by Gasteiger charge is 2.21. The molecule has 0 spiro atoms. The van der Waals surface area contributed by atoms with Crippen LogP contribution in [0.15, 0.2) is 57.6 Å². The van der Waals surface area contributed by atoms with Gasteiger partial charge >= 0.3 is 6.09 Å². The van der Waals surface area contributed by atoms with Gasteiger partial charge in [0.2, 0.25) is 0 Å². The lowest BCUT2D eigenvalue weighted by Gasteiger charge is -2.24. The Labute approximate surface area is 187 Å². The van der Waals surface area contributed by atoms with Crippen molar-refractivity contribution in [2.75, 3.05) is 6.61 Å². The second-order valence-electron chi connectivity index (χ2n) is 7.82. The molecule has 0 aliphatic rings. The smallest absolute Gasteiger partial charge is 0.408 e. The number of carbonyl (C=O) groups excluding carboxylic acids is 1. The summed E-state index contributed by atoms with van der Waals surface area (Å²) in [4.78, 5) is 15.6. The first-order chi connectivity index (χ1) is 13.7. The average Bonchev–Trinajstić information content (AvgIpc) is 3.00. The van der Waals surface area contributed by atoms with E-state index in [2.05, 4.69) is 48.2 Å². The fourth-order valence-corrected chi connectivity index (χ4v) is 4.25. The molecule has 0 aliphatic carbocycles. The fraction of sp³-hybridized carbons (Fsp3) is 0.318. The molecule has 0 saturated carbocycles. The number of aromatic amines is 1. The molecule has 1 atom stereocenters. The van der Waals surface area contributed by atoms with Crippen molar-refractivity contribution in [3.63, 3.8) is 0 Å². The first-order valence-corrected chi connectivity index (χ1v) is 10.9. The predicted molar refractivity (Wildman–Crippen MR) is 122 cm³/mol. The zero-order valence-corrected chi connectivity index (χ0v) is 19.8. The average molecular weight is 524 g/mol. The van der Waals surface area contributed by atoms with E-state index in [9.17, 15) is 4.79 Å². The normalized spacial score (nSPS) is 12.6. The Hall–Kier alpha value is -1.99. The Kier molecular flexibility index (Phi) is 6.90. The third-order valence-corrected chi connectivity index (χ3v) is 5.07. The van der Waals surface area contributed by atoms with Crippen LogP contribution in [0.4, 0.5) is 4.79 Å². The first-order valence-electron chi connectivity index (χ1n) is 9.33. The van der Waals surface area contributed by atoms with Crippen LogP contribution in [0.3, 0.4) is 0 Å². The van der Waals surface area contributed by atoms with Crippen molar-refractivity contribution < 1.29 is 14.3 Å². The summed E-state index contributed by atoms with van der Waals surface area (Å²) in [5.41, 5.74) is 1.61. The van der Waals surface area contributed by atoms with Crippen molar-refractivity contribution in [2.45, 2.75) is 38.8 Å². The molecule has 2 N–H and O–H groups in total. The Morgan fingerprint density at radius 3 is 2.52 bits per heavy atom. The quantitative estimate of drug-likeness (QED) is 0.404. The number of nitrogens with one attached hydrogen (secondary N) is 2. The molecule has 154 valence electrons. The number of hydrogen-bond donors (Lipinski definition) is 2. The van der Waals surface area contributed by atoms with Crippen LogP contribution in [0.25, 0.3) is 10.9 Å². The van der Waals surface area contributed by atoms with Gasteiger partial charge in [0.05, 0.1) is 6.04 Å². The number of hydrogen-bond acceptors (Lipinski definition) is 3. The number of alkyl carbamates (subject to hydrolysis) is 1. The predicted octanol–water partition coefficient (Wildman–Crippen LogP) is 6.21. The van der Waals surface area contributed by atoms with Crippen LogP contribution in [0, 0.1) is 0 Å². The Morgan fingerprint density at radius 2 is 1.83 bits per heavy atom. The van der Waals surface area contributed by atoms with E-state index in [1.807, 2.05) is 63.4 Å². The van der Waals surface area contributed by atoms with E-state index >= 15 is 0 Å². The number of para-hydroxylation sites is 1. The molecule has 3 aromatic rings. The number of carbonyl (C=O) groups is 1. The van der Waals surface area contributed by atoms with Crippen molar-refractivity contribution in [2.24, 2.45) is 0 Å². The second kappa shape index (κ2) is 9.22.